The highest BCUT2D eigenvalue weighted by Crippen LogP contribution is 2.31. The Morgan fingerprint density at radius 2 is 1.89 bits per heavy atom. The van der Waals surface area contributed by atoms with Gasteiger partial charge in [-0.05, 0) is 18.2 Å². The number of carbonyl (C=O) groups excluding carboxylic acids is 1. The average molecular weight is 383 g/mol. The molecule has 27 heavy (non-hydrogen) atoms. The molecule has 0 fully saturated rings. The van der Waals surface area contributed by atoms with E-state index in [1.807, 2.05) is 48.5 Å². The fourth-order valence-corrected chi connectivity index (χ4v) is 3.37. The summed E-state index contributed by atoms with van der Waals surface area (Å²) in [6, 6.07) is 17.3. The van der Waals surface area contributed by atoms with Crippen LogP contribution in [0, 0.1) is 0 Å². The van der Waals surface area contributed by atoms with Gasteiger partial charge >= 0.3 is 0 Å². The highest BCUT2D eigenvalue weighted by molar-refractivity contribution is 8.00. The molecule has 140 valence electrons. The second-order valence-corrected chi connectivity index (χ2v) is 6.73. The molecule has 3 aromatic rings. The third-order valence-corrected chi connectivity index (χ3v) is 4.91. The smallest absolute Gasteiger partial charge is 0.235 e. The number of nitrogens with one attached hydrogen (secondary N) is 1. The summed E-state index contributed by atoms with van der Waals surface area (Å²) in [5.74, 6) is 2.21. The van der Waals surface area contributed by atoms with E-state index >= 15 is 0 Å². The van der Waals surface area contributed by atoms with E-state index in [9.17, 15) is 4.79 Å². The summed E-state index contributed by atoms with van der Waals surface area (Å²) < 4.78 is 12.5. The molecule has 6 nitrogen and oxygen atoms in total. The zero-order valence-corrected chi connectivity index (χ0v) is 16.0. The molecule has 0 atom stereocenters. The number of aromatic nitrogens is 2. The topological polar surface area (TPSA) is 65.4 Å². The quantitative estimate of drug-likeness (QED) is 0.601. The minimum Gasteiger partial charge on any atom is -0.493 e. The Bertz CT molecular complexity index is 896. The van der Waals surface area contributed by atoms with Crippen LogP contribution in [-0.4, -0.2) is 35.7 Å². The molecule has 0 aliphatic heterocycles. The number of amides is 1. The molecule has 0 aliphatic carbocycles. The number of ether oxygens (including phenoxy) is 2. The summed E-state index contributed by atoms with van der Waals surface area (Å²) in [4.78, 5) is 13.4. The molecular weight excluding hydrogens is 362 g/mol. The number of para-hydroxylation sites is 1. The van der Waals surface area contributed by atoms with Gasteiger partial charge in [0.1, 0.15) is 5.82 Å². The summed E-state index contributed by atoms with van der Waals surface area (Å²) in [6.45, 7) is 0.453. The van der Waals surface area contributed by atoms with Crippen LogP contribution in [0.25, 0.3) is 0 Å². The van der Waals surface area contributed by atoms with Gasteiger partial charge < -0.3 is 14.8 Å². The Hall–Kier alpha value is -2.93. The Labute approximate surface area is 162 Å². The number of anilines is 1. The normalized spacial score (nSPS) is 10.4. The summed E-state index contributed by atoms with van der Waals surface area (Å²) in [5, 5.41) is 7.23. The van der Waals surface area contributed by atoms with E-state index in [-0.39, 0.29) is 5.91 Å². The van der Waals surface area contributed by atoms with Crippen LogP contribution in [0.4, 0.5) is 5.82 Å². The lowest BCUT2D eigenvalue weighted by molar-refractivity contribution is -0.113. The Balaban J connectivity index is 1.67. The van der Waals surface area contributed by atoms with E-state index in [0.29, 0.717) is 29.6 Å². The van der Waals surface area contributed by atoms with Gasteiger partial charge in [-0.2, -0.15) is 5.10 Å². The van der Waals surface area contributed by atoms with E-state index in [0.717, 1.165) is 10.5 Å². The number of nitrogens with zero attached hydrogens (tertiary/aromatic N) is 2. The van der Waals surface area contributed by atoms with Gasteiger partial charge in [0.25, 0.3) is 0 Å². The van der Waals surface area contributed by atoms with Gasteiger partial charge in [0.2, 0.25) is 5.91 Å². The molecule has 0 bridgehead atoms. The zero-order valence-electron chi connectivity index (χ0n) is 15.2. The van der Waals surface area contributed by atoms with Crippen LogP contribution in [0.3, 0.4) is 0 Å². The highest BCUT2D eigenvalue weighted by atomic mass is 32.2. The van der Waals surface area contributed by atoms with E-state index in [2.05, 4.69) is 10.4 Å². The van der Waals surface area contributed by atoms with Crippen LogP contribution in [0.2, 0.25) is 0 Å². The Kier molecular flexibility index (Phi) is 6.38. The first-order chi connectivity index (χ1) is 13.2. The first kappa shape index (κ1) is 18.8. The second kappa shape index (κ2) is 9.14. The molecule has 7 heteroatoms. The van der Waals surface area contributed by atoms with Crippen molar-refractivity contribution in [1.82, 2.24) is 9.78 Å². The number of carbonyl (C=O) groups is 1. The van der Waals surface area contributed by atoms with Gasteiger partial charge in [0.15, 0.2) is 11.5 Å². The van der Waals surface area contributed by atoms with Gasteiger partial charge in [-0.3, -0.25) is 4.79 Å². The van der Waals surface area contributed by atoms with Crippen LogP contribution in [-0.2, 0) is 11.3 Å². The van der Waals surface area contributed by atoms with Gasteiger partial charge in [0, 0.05) is 16.5 Å². The van der Waals surface area contributed by atoms with Crippen molar-refractivity contribution in [2.75, 3.05) is 25.3 Å². The molecule has 0 saturated heterocycles. The summed E-state index contributed by atoms with van der Waals surface area (Å²) in [7, 11) is 3.21. The van der Waals surface area contributed by atoms with Gasteiger partial charge in [-0.1, -0.05) is 30.3 Å². The third kappa shape index (κ3) is 4.83. The molecule has 0 aliphatic rings. The van der Waals surface area contributed by atoms with Crippen LogP contribution in [0.5, 0.6) is 11.5 Å². The van der Waals surface area contributed by atoms with Crippen molar-refractivity contribution in [2.24, 2.45) is 0 Å². The van der Waals surface area contributed by atoms with Crippen molar-refractivity contribution >= 4 is 23.5 Å². The fourth-order valence-electron chi connectivity index (χ4n) is 2.65. The van der Waals surface area contributed by atoms with Crippen molar-refractivity contribution in [3.8, 4) is 11.5 Å². The molecule has 0 radical (unpaired) electrons. The van der Waals surface area contributed by atoms with Crippen molar-refractivity contribution in [3.63, 3.8) is 0 Å². The number of hydrogen-bond acceptors (Lipinski definition) is 5. The van der Waals surface area contributed by atoms with Gasteiger partial charge in [-0.15, -0.1) is 11.8 Å². The molecule has 3 rings (SSSR count). The fraction of sp³-hybridized carbons (Fsp3) is 0.200. The number of rotatable bonds is 8. The standard InChI is InChI=1S/C20H21N3O3S/c1-25-17-10-6-7-15(20(17)26-2)13-23-18(11-12-21-23)22-19(24)14-27-16-8-4-3-5-9-16/h3-12H,13-14H2,1-2H3,(H,22,24). The zero-order chi connectivity index (χ0) is 19.1. The van der Waals surface area contributed by atoms with Gasteiger partial charge in [-0.25, -0.2) is 4.68 Å². The van der Waals surface area contributed by atoms with E-state index in [4.69, 9.17) is 9.47 Å². The van der Waals surface area contributed by atoms with Crippen LogP contribution in [0.1, 0.15) is 5.56 Å². The average Bonchev–Trinajstić information content (AvgIpc) is 3.13. The molecule has 1 N–H and O–H groups in total. The van der Waals surface area contributed by atoms with E-state index < -0.39 is 0 Å². The SMILES string of the molecule is COc1cccc(Cn2nccc2NC(=O)CSc2ccccc2)c1OC. The van der Waals surface area contributed by atoms with Crippen molar-refractivity contribution in [2.45, 2.75) is 11.4 Å². The molecule has 0 unspecified atom stereocenters. The lowest BCUT2D eigenvalue weighted by atomic mass is 10.2. The van der Waals surface area contributed by atoms with Crippen LogP contribution < -0.4 is 14.8 Å². The van der Waals surface area contributed by atoms with Crippen molar-refractivity contribution in [3.05, 3.63) is 66.4 Å². The lowest BCUT2D eigenvalue weighted by Crippen LogP contribution is -2.18. The summed E-state index contributed by atoms with van der Waals surface area (Å²) in [5.41, 5.74) is 0.912. The van der Waals surface area contributed by atoms with Crippen LogP contribution in [0.15, 0.2) is 65.7 Å². The Morgan fingerprint density at radius 3 is 2.63 bits per heavy atom. The second-order valence-electron chi connectivity index (χ2n) is 5.68. The highest BCUT2D eigenvalue weighted by Gasteiger charge is 2.13. The summed E-state index contributed by atoms with van der Waals surface area (Å²) in [6.07, 6.45) is 1.66. The van der Waals surface area contributed by atoms with Crippen LogP contribution >= 0.6 is 11.8 Å². The maximum atomic E-state index is 12.3. The summed E-state index contributed by atoms with van der Waals surface area (Å²) >= 11 is 1.49. The Morgan fingerprint density at radius 1 is 1.07 bits per heavy atom. The largest absolute Gasteiger partial charge is 0.493 e. The molecule has 0 saturated carbocycles. The number of benzene rings is 2. The predicted octanol–water partition coefficient (Wildman–Crippen LogP) is 3.68. The number of hydrogen-bond donors (Lipinski definition) is 1. The monoisotopic (exact) mass is 383 g/mol. The molecule has 1 aromatic heterocycles. The minimum absolute atomic E-state index is 0.0804. The molecule has 1 heterocycles. The van der Waals surface area contributed by atoms with E-state index in [1.165, 1.54) is 11.8 Å². The maximum absolute atomic E-state index is 12.3. The number of methoxy groups -OCH3 is 2. The molecule has 0 spiro atoms. The van der Waals surface area contributed by atoms with Gasteiger partial charge in [0.05, 0.1) is 32.7 Å². The molecular formula is C20H21N3O3S. The molecule has 2 aromatic carbocycles. The van der Waals surface area contributed by atoms with Crippen molar-refractivity contribution < 1.29 is 14.3 Å². The molecule has 1 amide bonds. The lowest BCUT2D eigenvalue weighted by Gasteiger charge is -2.14. The maximum Gasteiger partial charge on any atom is 0.235 e. The number of thioether (sulfide) groups is 1. The first-order valence-corrected chi connectivity index (χ1v) is 9.39. The van der Waals surface area contributed by atoms with Crippen molar-refractivity contribution in [1.29, 1.82) is 0 Å². The third-order valence-electron chi connectivity index (χ3n) is 3.90. The predicted molar refractivity (Wildman–Crippen MR) is 107 cm³/mol. The van der Waals surface area contributed by atoms with E-state index in [1.54, 1.807) is 31.2 Å². The minimum atomic E-state index is -0.0804. The first-order valence-electron chi connectivity index (χ1n) is 8.40.